The number of fused-ring (bicyclic) bond motifs is 2. The largest absolute Gasteiger partial charge is 0.299 e. The van der Waals surface area contributed by atoms with E-state index in [-0.39, 0.29) is 11.6 Å². The zero-order chi connectivity index (χ0) is 16.4. The third kappa shape index (κ3) is 3.88. The maximum absolute atomic E-state index is 11.4. The second-order valence-electron chi connectivity index (χ2n) is 7.03. The Morgan fingerprint density at radius 1 is 1.13 bits per heavy atom. The molecule has 124 valence electrons. The van der Waals surface area contributed by atoms with Crippen molar-refractivity contribution in [1.29, 1.82) is 0 Å². The molecule has 1 aromatic carbocycles. The van der Waals surface area contributed by atoms with Gasteiger partial charge in [-0.15, -0.1) is 0 Å². The van der Waals surface area contributed by atoms with Crippen LogP contribution in [-0.2, 0) is 11.2 Å². The summed E-state index contributed by atoms with van der Waals surface area (Å²) in [4.78, 5) is 27.6. The van der Waals surface area contributed by atoms with Crippen LogP contribution in [0.3, 0.4) is 0 Å². The summed E-state index contributed by atoms with van der Waals surface area (Å²) in [5, 5.41) is 0. The Hall–Kier alpha value is -1.52. The van der Waals surface area contributed by atoms with Crippen molar-refractivity contribution >= 4 is 11.6 Å². The van der Waals surface area contributed by atoms with Crippen LogP contribution in [0.2, 0.25) is 0 Å². The second kappa shape index (κ2) is 6.93. The number of likely N-dealkylation sites (tertiary alicyclic amines) is 2. The number of piperazine rings is 1. The quantitative estimate of drug-likeness (QED) is 0.723. The van der Waals surface area contributed by atoms with Gasteiger partial charge in [-0.1, -0.05) is 18.2 Å². The van der Waals surface area contributed by atoms with Crippen LogP contribution in [0, 0.1) is 0 Å². The first-order valence-electron chi connectivity index (χ1n) is 8.60. The van der Waals surface area contributed by atoms with Gasteiger partial charge in [0.2, 0.25) is 0 Å². The summed E-state index contributed by atoms with van der Waals surface area (Å²) in [5.41, 5.74) is 2.06. The molecule has 2 fully saturated rings. The summed E-state index contributed by atoms with van der Waals surface area (Å²) in [7, 11) is 0. The molecule has 2 bridgehead atoms. The average molecular weight is 314 g/mol. The van der Waals surface area contributed by atoms with Gasteiger partial charge >= 0.3 is 0 Å². The first-order chi connectivity index (χ1) is 11.0. The van der Waals surface area contributed by atoms with Crippen molar-refractivity contribution in [3.8, 4) is 0 Å². The van der Waals surface area contributed by atoms with Crippen LogP contribution >= 0.6 is 0 Å². The fourth-order valence-corrected chi connectivity index (χ4v) is 4.02. The van der Waals surface area contributed by atoms with Crippen molar-refractivity contribution in [1.82, 2.24) is 9.80 Å². The lowest BCUT2D eigenvalue weighted by Gasteiger charge is -2.33. The molecule has 2 atom stereocenters. The Morgan fingerprint density at radius 3 is 2.52 bits per heavy atom. The van der Waals surface area contributed by atoms with E-state index in [9.17, 15) is 9.59 Å². The first-order valence-corrected chi connectivity index (χ1v) is 8.60. The maximum Gasteiger partial charge on any atom is 0.159 e. The Kier molecular flexibility index (Phi) is 4.93. The zero-order valence-corrected chi connectivity index (χ0v) is 14.1. The Labute approximate surface area is 138 Å². The third-order valence-electron chi connectivity index (χ3n) is 5.14. The lowest BCUT2D eigenvalue weighted by Crippen LogP contribution is -2.47. The number of nitrogens with zero attached hydrogens (tertiary/aromatic N) is 2. The van der Waals surface area contributed by atoms with E-state index in [1.165, 1.54) is 12.0 Å². The number of hydrogen-bond acceptors (Lipinski definition) is 4. The monoisotopic (exact) mass is 314 g/mol. The normalized spacial score (nSPS) is 24.3. The summed E-state index contributed by atoms with van der Waals surface area (Å²) in [5.74, 6) is 0.406. The molecular weight excluding hydrogens is 288 g/mol. The minimum absolute atomic E-state index is 0.134. The summed E-state index contributed by atoms with van der Waals surface area (Å²) in [6.07, 6.45) is 3.36. The lowest BCUT2D eigenvalue weighted by atomic mass is 10.0. The molecule has 2 aliphatic heterocycles. The summed E-state index contributed by atoms with van der Waals surface area (Å²) in [6, 6.07) is 9.19. The van der Waals surface area contributed by atoms with E-state index in [1.807, 2.05) is 18.2 Å². The van der Waals surface area contributed by atoms with Gasteiger partial charge < -0.3 is 0 Å². The van der Waals surface area contributed by atoms with Crippen LogP contribution in [-0.4, -0.2) is 59.6 Å². The standard InChI is InChI=1S/C19H26N2O2/c1-14(22)11-21-13-18-10-19(21)12-20(18)8-4-6-16-5-3-7-17(9-16)15(2)23/h3,5,7,9,18-19H,4,6,8,10-13H2,1-2H3/t18-,19?/m0/s1. The van der Waals surface area contributed by atoms with Gasteiger partial charge in [0.05, 0.1) is 6.54 Å². The molecule has 2 heterocycles. The fourth-order valence-electron chi connectivity index (χ4n) is 4.02. The number of benzene rings is 1. The molecule has 2 aliphatic rings. The van der Waals surface area contributed by atoms with Crippen LogP contribution in [0.5, 0.6) is 0 Å². The van der Waals surface area contributed by atoms with Gasteiger partial charge in [0, 0.05) is 30.7 Å². The number of ketones is 2. The van der Waals surface area contributed by atoms with Crippen molar-refractivity contribution in [2.75, 3.05) is 26.2 Å². The molecule has 0 aliphatic carbocycles. The van der Waals surface area contributed by atoms with Gasteiger partial charge in [0.25, 0.3) is 0 Å². The van der Waals surface area contributed by atoms with Crippen molar-refractivity contribution < 1.29 is 9.59 Å². The molecule has 0 radical (unpaired) electrons. The highest BCUT2D eigenvalue weighted by atomic mass is 16.1. The van der Waals surface area contributed by atoms with Gasteiger partial charge in [-0.25, -0.2) is 0 Å². The van der Waals surface area contributed by atoms with E-state index in [1.54, 1.807) is 13.8 Å². The molecule has 4 heteroatoms. The topological polar surface area (TPSA) is 40.6 Å². The van der Waals surface area contributed by atoms with E-state index in [4.69, 9.17) is 0 Å². The van der Waals surface area contributed by atoms with Gasteiger partial charge in [0.15, 0.2) is 5.78 Å². The average Bonchev–Trinajstić information content (AvgIpc) is 3.06. The molecule has 4 nitrogen and oxygen atoms in total. The first kappa shape index (κ1) is 16.3. The van der Waals surface area contributed by atoms with E-state index in [2.05, 4.69) is 15.9 Å². The Bertz CT molecular complexity index is 599. The van der Waals surface area contributed by atoms with Gasteiger partial charge in [0.1, 0.15) is 5.78 Å². The van der Waals surface area contributed by atoms with Crippen LogP contribution in [0.4, 0.5) is 0 Å². The summed E-state index contributed by atoms with van der Waals surface area (Å²) in [6.45, 7) is 7.17. The predicted octanol–water partition coefficient (Wildman–Crippen LogP) is 2.17. The van der Waals surface area contributed by atoms with E-state index < -0.39 is 0 Å². The van der Waals surface area contributed by atoms with Crippen LogP contribution < -0.4 is 0 Å². The smallest absolute Gasteiger partial charge is 0.159 e. The van der Waals surface area contributed by atoms with Crippen molar-refractivity contribution in [3.63, 3.8) is 0 Å². The third-order valence-corrected chi connectivity index (χ3v) is 5.14. The number of hydrogen-bond donors (Lipinski definition) is 0. The highest BCUT2D eigenvalue weighted by molar-refractivity contribution is 5.94. The van der Waals surface area contributed by atoms with Crippen LogP contribution in [0.15, 0.2) is 24.3 Å². The van der Waals surface area contributed by atoms with Gasteiger partial charge in [-0.3, -0.25) is 19.4 Å². The molecule has 0 saturated carbocycles. The minimum Gasteiger partial charge on any atom is -0.299 e. The highest BCUT2D eigenvalue weighted by Gasteiger charge is 2.42. The molecule has 23 heavy (non-hydrogen) atoms. The zero-order valence-electron chi connectivity index (χ0n) is 14.1. The molecule has 1 unspecified atom stereocenters. The fraction of sp³-hybridized carbons (Fsp3) is 0.579. The van der Waals surface area contributed by atoms with Gasteiger partial charge in [-0.2, -0.15) is 0 Å². The maximum atomic E-state index is 11.4. The van der Waals surface area contributed by atoms with Crippen molar-refractivity contribution in [2.45, 2.75) is 45.2 Å². The molecule has 0 amide bonds. The molecular formula is C19H26N2O2. The highest BCUT2D eigenvalue weighted by Crippen LogP contribution is 2.30. The van der Waals surface area contributed by atoms with Crippen LogP contribution in [0.25, 0.3) is 0 Å². The number of carbonyl (C=O) groups excluding carboxylic acids is 2. The molecule has 1 aromatic rings. The lowest BCUT2D eigenvalue weighted by molar-refractivity contribution is -0.118. The molecule has 0 N–H and O–H groups in total. The number of rotatable bonds is 7. The van der Waals surface area contributed by atoms with Crippen molar-refractivity contribution in [2.24, 2.45) is 0 Å². The van der Waals surface area contributed by atoms with Gasteiger partial charge in [-0.05, 0) is 51.3 Å². The molecule has 2 saturated heterocycles. The SMILES string of the molecule is CC(=O)CN1C[C@@H]2CC1CN2CCCc1cccc(C(C)=O)c1. The second-order valence-corrected chi connectivity index (χ2v) is 7.03. The number of Topliss-reactive ketones (excluding diaryl/α,β-unsaturated/α-hetero) is 2. The molecule has 0 aromatic heterocycles. The van der Waals surface area contributed by atoms with E-state index >= 15 is 0 Å². The van der Waals surface area contributed by atoms with E-state index in [0.29, 0.717) is 18.6 Å². The molecule has 0 spiro atoms. The Morgan fingerprint density at radius 2 is 1.87 bits per heavy atom. The number of carbonyl (C=O) groups is 2. The molecule has 3 rings (SSSR count). The van der Waals surface area contributed by atoms with Crippen LogP contribution in [0.1, 0.15) is 42.6 Å². The number of aryl methyl sites for hydroxylation is 1. The predicted molar refractivity (Wildman–Crippen MR) is 90.8 cm³/mol. The summed E-state index contributed by atoms with van der Waals surface area (Å²) >= 11 is 0. The van der Waals surface area contributed by atoms with Crippen molar-refractivity contribution in [3.05, 3.63) is 35.4 Å². The Balaban J connectivity index is 1.45. The van der Waals surface area contributed by atoms with E-state index in [0.717, 1.165) is 38.0 Å². The summed E-state index contributed by atoms with van der Waals surface area (Å²) < 4.78 is 0. The minimum atomic E-state index is 0.134.